The zero-order valence-corrected chi connectivity index (χ0v) is 23.6. The third-order valence-corrected chi connectivity index (χ3v) is 7.22. The largest absolute Gasteiger partial charge is 0.454 e. The molecule has 1 aliphatic heterocycles. The van der Waals surface area contributed by atoms with Crippen LogP contribution in [0.15, 0.2) is 54.7 Å². The number of likely N-dealkylation sites (tertiary alicyclic amines) is 1. The molecule has 0 bridgehead atoms. The quantitative estimate of drug-likeness (QED) is 0.221. The second-order valence-corrected chi connectivity index (χ2v) is 10.8. The van der Waals surface area contributed by atoms with Gasteiger partial charge in [0.1, 0.15) is 11.6 Å². The number of aromatic nitrogens is 1. The van der Waals surface area contributed by atoms with Crippen LogP contribution in [0.1, 0.15) is 31.2 Å². The second kappa shape index (κ2) is 12.9. The van der Waals surface area contributed by atoms with Gasteiger partial charge >= 0.3 is 12.2 Å². The van der Waals surface area contributed by atoms with Gasteiger partial charge in [-0.25, -0.2) is 14.2 Å². The van der Waals surface area contributed by atoms with E-state index in [1.165, 1.54) is 36.5 Å². The van der Waals surface area contributed by atoms with Crippen molar-refractivity contribution in [1.29, 1.82) is 0 Å². The van der Waals surface area contributed by atoms with E-state index in [0.29, 0.717) is 25.9 Å². The normalized spacial score (nSPS) is 15.8. The summed E-state index contributed by atoms with van der Waals surface area (Å²) in [4.78, 5) is 43.4. The third-order valence-electron chi connectivity index (χ3n) is 7.22. The van der Waals surface area contributed by atoms with Crippen LogP contribution in [0.4, 0.5) is 45.2 Å². The molecule has 44 heavy (non-hydrogen) atoms. The molecule has 10 nitrogen and oxygen atoms in total. The number of nitrogens with one attached hydrogen (secondary N) is 4. The minimum absolute atomic E-state index is 0.00207. The first-order valence-electron chi connectivity index (χ1n) is 14.0. The molecular weight excluding hydrogens is 584 g/mol. The van der Waals surface area contributed by atoms with Gasteiger partial charge in [-0.2, -0.15) is 13.2 Å². The van der Waals surface area contributed by atoms with Crippen LogP contribution in [0.25, 0.3) is 0 Å². The van der Waals surface area contributed by atoms with Crippen LogP contribution in [0.3, 0.4) is 0 Å². The first-order chi connectivity index (χ1) is 20.9. The maximum absolute atomic E-state index is 14.8. The second-order valence-electron chi connectivity index (χ2n) is 10.8. The molecule has 2 aromatic carbocycles. The highest BCUT2D eigenvalue weighted by atomic mass is 19.4. The molecule has 4 amide bonds. The smallest absolute Gasteiger partial charge is 0.416 e. The van der Waals surface area contributed by atoms with E-state index in [1.54, 1.807) is 0 Å². The summed E-state index contributed by atoms with van der Waals surface area (Å²) in [6.07, 6.45) is -0.532. The lowest BCUT2D eigenvalue weighted by atomic mass is 9.96. The summed E-state index contributed by atoms with van der Waals surface area (Å²) < 4.78 is 61.2. The summed E-state index contributed by atoms with van der Waals surface area (Å²) in [5, 5.41) is 9.89. The number of benzene rings is 2. The Bertz CT molecular complexity index is 1550. The number of rotatable bonds is 8. The predicted octanol–water partition coefficient (Wildman–Crippen LogP) is 6.30. The van der Waals surface area contributed by atoms with Crippen molar-refractivity contribution in [1.82, 2.24) is 9.88 Å². The van der Waals surface area contributed by atoms with Crippen molar-refractivity contribution in [3.8, 4) is 11.5 Å². The monoisotopic (exact) mass is 614 g/mol. The number of alkyl halides is 3. The van der Waals surface area contributed by atoms with Crippen LogP contribution in [0.5, 0.6) is 11.5 Å². The van der Waals surface area contributed by atoms with Crippen molar-refractivity contribution >= 4 is 40.7 Å². The van der Waals surface area contributed by atoms with Crippen LogP contribution in [-0.2, 0) is 15.8 Å². The van der Waals surface area contributed by atoms with Gasteiger partial charge in [0.15, 0.2) is 11.6 Å². The number of urea groups is 1. The lowest BCUT2D eigenvalue weighted by molar-refractivity contribution is -0.137. The summed E-state index contributed by atoms with van der Waals surface area (Å²) in [6, 6.07) is 8.32. The fraction of sp³-hybridized carbons (Fsp3) is 0.333. The van der Waals surface area contributed by atoms with E-state index in [0.717, 1.165) is 31.0 Å². The number of hydrogen-bond donors (Lipinski definition) is 4. The van der Waals surface area contributed by atoms with E-state index >= 15 is 0 Å². The maximum atomic E-state index is 14.8. The van der Waals surface area contributed by atoms with Gasteiger partial charge in [-0.3, -0.25) is 9.59 Å². The molecule has 5 rings (SSSR count). The molecule has 4 N–H and O–H groups in total. The fourth-order valence-electron chi connectivity index (χ4n) is 4.65. The summed E-state index contributed by atoms with van der Waals surface area (Å²) in [5.74, 6) is -1.44. The van der Waals surface area contributed by atoms with Crippen molar-refractivity contribution in [2.75, 3.05) is 41.4 Å². The predicted molar refractivity (Wildman–Crippen MR) is 155 cm³/mol. The van der Waals surface area contributed by atoms with Gasteiger partial charge in [0.05, 0.1) is 5.56 Å². The molecule has 2 fully saturated rings. The molecule has 2 aliphatic rings. The van der Waals surface area contributed by atoms with E-state index < -0.39 is 29.5 Å². The van der Waals surface area contributed by atoms with Gasteiger partial charge in [0.25, 0.3) is 0 Å². The number of anilines is 4. The highest BCUT2D eigenvalue weighted by Crippen LogP contribution is 2.34. The summed E-state index contributed by atoms with van der Waals surface area (Å²) in [6.45, 7) is 1.40. The van der Waals surface area contributed by atoms with E-state index in [9.17, 15) is 31.9 Å². The number of piperidine rings is 1. The summed E-state index contributed by atoms with van der Waals surface area (Å²) in [7, 11) is 1.93. The number of pyridine rings is 1. The van der Waals surface area contributed by atoms with E-state index in [4.69, 9.17) is 4.74 Å². The average Bonchev–Trinajstić information content (AvgIpc) is 3.80. The molecule has 1 aliphatic carbocycles. The van der Waals surface area contributed by atoms with Gasteiger partial charge in [0.2, 0.25) is 11.8 Å². The van der Waals surface area contributed by atoms with Gasteiger partial charge in [-0.1, -0.05) is 0 Å². The Hall–Kier alpha value is -4.72. The van der Waals surface area contributed by atoms with Crippen LogP contribution < -0.4 is 26.0 Å². The number of ether oxygens (including phenoxy) is 1. The topological polar surface area (TPSA) is 125 Å². The van der Waals surface area contributed by atoms with Gasteiger partial charge in [-0.15, -0.1) is 0 Å². The molecule has 2 heterocycles. The van der Waals surface area contributed by atoms with Crippen molar-refractivity contribution in [2.24, 2.45) is 11.8 Å². The van der Waals surface area contributed by atoms with Crippen molar-refractivity contribution in [2.45, 2.75) is 31.9 Å². The number of hydrogen-bond acceptors (Lipinski definition) is 6. The average molecular weight is 615 g/mol. The molecule has 0 unspecified atom stereocenters. The molecule has 1 saturated heterocycles. The molecule has 1 saturated carbocycles. The fourth-order valence-corrected chi connectivity index (χ4v) is 4.65. The SMILES string of the molecule is CN1CCC(C(=O)Nc2cc(NC(=O)Nc3ccc(Oc4ccnc(NC(=O)C5CC5)c4)c(F)c3)cc(C(F)(F)F)c2)CC1. The highest BCUT2D eigenvalue weighted by Gasteiger charge is 2.32. The lowest BCUT2D eigenvalue weighted by Crippen LogP contribution is -2.36. The van der Waals surface area contributed by atoms with Gasteiger partial charge in [0, 0.05) is 47.2 Å². The molecule has 1 aromatic heterocycles. The van der Waals surface area contributed by atoms with E-state index in [2.05, 4.69) is 31.2 Å². The van der Waals surface area contributed by atoms with E-state index in [1.807, 2.05) is 7.05 Å². The van der Waals surface area contributed by atoms with Crippen LogP contribution in [-0.4, -0.2) is 47.9 Å². The summed E-state index contributed by atoms with van der Waals surface area (Å²) >= 11 is 0. The Labute approximate surface area is 250 Å². The van der Waals surface area contributed by atoms with E-state index in [-0.39, 0.29) is 52.1 Å². The first-order valence-corrected chi connectivity index (χ1v) is 14.0. The molecule has 0 radical (unpaired) electrons. The molecule has 3 aromatic rings. The molecule has 0 atom stereocenters. The maximum Gasteiger partial charge on any atom is 0.416 e. The number of carbonyl (C=O) groups excluding carboxylic acids is 3. The molecule has 0 spiro atoms. The number of nitrogens with zero attached hydrogens (tertiary/aromatic N) is 2. The van der Waals surface area contributed by atoms with Gasteiger partial charge < -0.3 is 30.9 Å². The Morgan fingerprint density at radius 2 is 1.45 bits per heavy atom. The standard InChI is InChI=1S/C30H30F4N6O4/c1-40-10-7-18(8-11-40)27(41)36-21-12-19(30(32,33)34)13-22(14-21)38-29(43)37-20-4-5-25(24(31)15-20)44-23-6-9-35-26(16-23)39-28(42)17-2-3-17/h4-6,9,12-18H,2-3,7-8,10-11H2,1H3,(H,36,41)(H,35,39,42)(H2,37,38,43). The minimum Gasteiger partial charge on any atom is -0.454 e. The number of amides is 4. The Morgan fingerprint density at radius 3 is 2.11 bits per heavy atom. The molecule has 232 valence electrons. The number of carbonyl (C=O) groups is 3. The van der Waals surface area contributed by atoms with Crippen LogP contribution >= 0.6 is 0 Å². The Morgan fingerprint density at radius 1 is 0.818 bits per heavy atom. The zero-order valence-electron chi connectivity index (χ0n) is 23.6. The Kier molecular flexibility index (Phi) is 8.99. The van der Waals surface area contributed by atoms with Crippen molar-refractivity contribution < 1.29 is 36.7 Å². The molecular formula is C30H30F4N6O4. The lowest BCUT2D eigenvalue weighted by Gasteiger charge is -2.28. The van der Waals surface area contributed by atoms with Gasteiger partial charge in [-0.05, 0) is 82.2 Å². The van der Waals surface area contributed by atoms with Crippen LogP contribution in [0.2, 0.25) is 0 Å². The number of halogens is 4. The van der Waals surface area contributed by atoms with Crippen molar-refractivity contribution in [3.63, 3.8) is 0 Å². The van der Waals surface area contributed by atoms with Crippen molar-refractivity contribution in [3.05, 3.63) is 66.1 Å². The molecule has 14 heteroatoms. The highest BCUT2D eigenvalue weighted by molar-refractivity contribution is 6.01. The summed E-state index contributed by atoms with van der Waals surface area (Å²) in [5.41, 5.74) is -1.40. The zero-order chi connectivity index (χ0) is 31.4. The Balaban J connectivity index is 1.22. The van der Waals surface area contributed by atoms with Crippen LogP contribution in [0, 0.1) is 17.7 Å². The first kappa shape index (κ1) is 30.7. The minimum atomic E-state index is -4.74. The third kappa shape index (κ3) is 8.22.